The molecule has 15 heavy (non-hydrogen) atoms. The largest absolute Gasteiger partial charge is 0.478 e. The average Bonchev–Trinajstić information content (AvgIpc) is 2.26. The van der Waals surface area contributed by atoms with Crippen molar-refractivity contribution >= 4 is 11.6 Å². The number of anilines is 1. The molecule has 1 atom stereocenters. The van der Waals surface area contributed by atoms with Crippen molar-refractivity contribution in [1.82, 2.24) is 0 Å². The van der Waals surface area contributed by atoms with E-state index in [1.165, 1.54) is 0 Å². The molecule has 1 heterocycles. The van der Waals surface area contributed by atoms with E-state index in [0.717, 1.165) is 5.69 Å². The van der Waals surface area contributed by atoms with Gasteiger partial charge in [0.1, 0.15) is 5.75 Å². The Kier molecular flexibility index (Phi) is 2.60. The molecular formula is C11H13NO3. The highest BCUT2D eigenvalue weighted by Gasteiger charge is 2.31. The van der Waals surface area contributed by atoms with Gasteiger partial charge in [-0.05, 0) is 12.1 Å². The molecular weight excluding hydrogens is 194 g/mol. The third kappa shape index (κ3) is 1.68. The number of ether oxygens (including phenoxy) is 1. The van der Waals surface area contributed by atoms with Crippen molar-refractivity contribution in [3.05, 3.63) is 24.3 Å². The van der Waals surface area contributed by atoms with E-state index in [1.54, 1.807) is 11.9 Å². The zero-order chi connectivity index (χ0) is 10.8. The van der Waals surface area contributed by atoms with Gasteiger partial charge in [-0.25, -0.2) is 0 Å². The maximum atomic E-state index is 11.8. The number of hydrogen-bond acceptors (Lipinski definition) is 3. The number of likely N-dealkylation sites (N-methyl/N-ethyl adjacent to an activating group) is 1. The first-order valence-electron chi connectivity index (χ1n) is 4.88. The van der Waals surface area contributed by atoms with Crippen LogP contribution in [0.1, 0.15) is 6.42 Å². The van der Waals surface area contributed by atoms with Crippen molar-refractivity contribution in [1.29, 1.82) is 0 Å². The van der Waals surface area contributed by atoms with Crippen LogP contribution in [0, 0.1) is 0 Å². The third-order valence-electron chi connectivity index (χ3n) is 2.49. The van der Waals surface area contributed by atoms with Gasteiger partial charge in [0.2, 0.25) is 0 Å². The fraction of sp³-hybridized carbons (Fsp3) is 0.364. The first kappa shape index (κ1) is 9.98. The van der Waals surface area contributed by atoms with Gasteiger partial charge in [0.25, 0.3) is 5.91 Å². The van der Waals surface area contributed by atoms with Gasteiger partial charge < -0.3 is 14.7 Å². The van der Waals surface area contributed by atoms with E-state index in [4.69, 9.17) is 9.84 Å². The number of aliphatic hydroxyl groups is 1. The van der Waals surface area contributed by atoms with E-state index in [9.17, 15) is 4.79 Å². The summed E-state index contributed by atoms with van der Waals surface area (Å²) < 4.78 is 5.50. The molecule has 0 saturated heterocycles. The highest BCUT2D eigenvalue weighted by Crippen LogP contribution is 2.33. The number of nitrogens with zero attached hydrogens (tertiary/aromatic N) is 1. The van der Waals surface area contributed by atoms with Crippen LogP contribution in [0.15, 0.2) is 24.3 Å². The number of benzene rings is 1. The zero-order valence-electron chi connectivity index (χ0n) is 8.51. The summed E-state index contributed by atoms with van der Waals surface area (Å²) in [5, 5.41) is 8.82. The first-order valence-corrected chi connectivity index (χ1v) is 4.88. The topological polar surface area (TPSA) is 49.8 Å². The maximum absolute atomic E-state index is 11.8. The predicted octanol–water partition coefficient (Wildman–Crippen LogP) is 0.793. The van der Waals surface area contributed by atoms with E-state index in [0.29, 0.717) is 12.2 Å². The molecule has 1 unspecified atom stereocenters. The van der Waals surface area contributed by atoms with Crippen molar-refractivity contribution in [3.8, 4) is 5.75 Å². The Morgan fingerprint density at radius 1 is 1.47 bits per heavy atom. The summed E-state index contributed by atoms with van der Waals surface area (Å²) in [7, 11) is 1.72. The summed E-state index contributed by atoms with van der Waals surface area (Å²) in [6.07, 6.45) is -0.229. The van der Waals surface area contributed by atoms with E-state index in [1.807, 2.05) is 24.3 Å². The highest BCUT2D eigenvalue weighted by atomic mass is 16.5. The number of carbonyl (C=O) groups is 1. The molecule has 1 N–H and O–H groups in total. The lowest BCUT2D eigenvalue weighted by Crippen LogP contribution is -2.44. The number of aliphatic hydroxyl groups excluding tert-OH is 1. The maximum Gasteiger partial charge on any atom is 0.267 e. The normalized spacial score (nSPS) is 19.7. The minimum atomic E-state index is -0.560. The Bertz CT molecular complexity index is 378. The summed E-state index contributed by atoms with van der Waals surface area (Å²) in [5.74, 6) is 0.584. The molecule has 0 fully saturated rings. The van der Waals surface area contributed by atoms with Crippen LogP contribution < -0.4 is 9.64 Å². The van der Waals surface area contributed by atoms with Crippen molar-refractivity contribution in [2.75, 3.05) is 18.6 Å². The third-order valence-corrected chi connectivity index (χ3v) is 2.49. The molecule has 1 amide bonds. The van der Waals surface area contributed by atoms with Gasteiger partial charge in [0, 0.05) is 20.1 Å². The lowest BCUT2D eigenvalue weighted by Gasteiger charge is -2.31. The van der Waals surface area contributed by atoms with Crippen molar-refractivity contribution in [2.24, 2.45) is 0 Å². The monoisotopic (exact) mass is 207 g/mol. The summed E-state index contributed by atoms with van der Waals surface area (Å²) in [6.45, 7) is -0.0492. The van der Waals surface area contributed by atoms with Crippen LogP contribution in [0.3, 0.4) is 0 Å². The molecule has 0 bridgehead atoms. The van der Waals surface area contributed by atoms with E-state index in [-0.39, 0.29) is 12.5 Å². The molecule has 4 heteroatoms. The standard InChI is InChI=1S/C11H13NO3/c1-12-8-4-2-3-5-9(8)15-10(6-7-13)11(12)14/h2-5,10,13H,6-7H2,1H3. The molecule has 1 aliphatic heterocycles. The van der Waals surface area contributed by atoms with Crippen molar-refractivity contribution in [2.45, 2.75) is 12.5 Å². The second-order valence-corrected chi connectivity index (χ2v) is 3.48. The Morgan fingerprint density at radius 2 is 2.20 bits per heavy atom. The quantitative estimate of drug-likeness (QED) is 0.780. The van der Waals surface area contributed by atoms with E-state index in [2.05, 4.69) is 0 Å². The fourth-order valence-corrected chi connectivity index (χ4v) is 1.67. The molecule has 1 aromatic carbocycles. The molecule has 0 spiro atoms. The average molecular weight is 207 g/mol. The molecule has 0 aromatic heterocycles. The smallest absolute Gasteiger partial charge is 0.267 e. The van der Waals surface area contributed by atoms with Gasteiger partial charge in [-0.15, -0.1) is 0 Å². The second-order valence-electron chi connectivity index (χ2n) is 3.48. The zero-order valence-corrected chi connectivity index (χ0v) is 8.51. The second kappa shape index (κ2) is 3.90. The summed E-state index contributed by atoms with van der Waals surface area (Å²) in [5.41, 5.74) is 0.775. The number of amides is 1. The Morgan fingerprint density at radius 3 is 2.93 bits per heavy atom. The highest BCUT2D eigenvalue weighted by molar-refractivity contribution is 5.99. The van der Waals surface area contributed by atoms with Crippen LogP contribution in [0.2, 0.25) is 0 Å². The van der Waals surface area contributed by atoms with Gasteiger partial charge in [-0.2, -0.15) is 0 Å². The van der Waals surface area contributed by atoms with Gasteiger partial charge in [0.05, 0.1) is 5.69 Å². The lowest BCUT2D eigenvalue weighted by atomic mass is 10.1. The van der Waals surface area contributed by atoms with Crippen molar-refractivity contribution in [3.63, 3.8) is 0 Å². The van der Waals surface area contributed by atoms with Crippen LogP contribution in [0.25, 0.3) is 0 Å². The van der Waals surface area contributed by atoms with Crippen LogP contribution in [-0.4, -0.2) is 30.8 Å². The number of rotatable bonds is 2. The molecule has 0 saturated carbocycles. The Balaban J connectivity index is 2.32. The van der Waals surface area contributed by atoms with Crippen molar-refractivity contribution < 1.29 is 14.6 Å². The minimum Gasteiger partial charge on any atom is -0.478 e. The summed E-state index contributed by atoms with van der Waals surface area (Å²) in [4.78, 5) is 13.3. The first-order chi connectivity index (χ1) is 7.24. The van der Waals surface area contributed by atoms with Gasteiger partial charge in [-0.3, -0.25) is 4.79 Å². The van der Waals surface area contributed by atoms with Crippen LogP contribution in [0.5, 0.6) is 5.75 Å². The van der Waals surface area contributed by atoms with Crippen LogP contribution in [-0.2, 0) is 4.79 Å². The SMILES string of the molecule is CN1C(=O)C(CCO)Oc2ccccc21. The van der Waals surface area contributed by atoms with E-state index >= 15 is 0 Å². The Labute approximate surface area is 88.1 Å². The number of para-hydroxylation sites is 2. The van der Waals surface area contributed by atoms with Crippen LogP contribution >= 0.6 is 0 Å². The summed E-state index contributed by atoms with van der Waals surface area (Å²) in [6, 6.07) is 7.38. The Hall–Kier alpha value is -1.55. The van der Waals surface area contributed by atoms with Gasteiger partial charge in [-0.1, -0.05) is 12.1 Å². The van der Waals surface area contributed by atoms with Gasteiger partial charge >= 0.3 is 0 Å². The molecule has 0 aliphatic carbocycles. The molecule has 0 radical (unpaired) electrons. The van der Waals surface area contributed by atoms with Crippen LogP contribution in [0.4, 0.5) is 5.69 Å². The number of hydrogen-bond donors (Lipinski definition) is 1. The minimum absolute atomic E-state index is 0.0492. The van der Waals surface area contributed by atoms with E-state index < -0.39 is 6.10 Å². The molecule has 1 aliphatic rings. The molecule has 4 nitrogen and oxygen atoms in total. The van der Waals surface area contributed by atoms with Gasteiger partial charge in [0.15, 0.2) is 6.10 Å². The number of carbonyl (C=O) groups excluding carboxylic acids is 1. The predicted molar refractivity (Wildman–Crippen MR) is 56.0 cm³/mol. The number of fused-ring (bicyclic) bond motifs is 1. The fourth-order valence-electron chi connectivity index (χ4n) is 1.67. The summed E-state index contributed by atoms with van der Waals surface area (Å²) >= 11 is 0. The molecule has 2 rings (SSSR count). The molecule has 80 valence electrons. The lowest BCUT2D eigenvalue weighted by molar-refractivity contribution is -0.126. The molecule has 1 aromatic rings.